The topological polar surface area (TPSA) is 75.3 Å². The first-order valence-corrected chi connectivity index (χ1v) is 7.65. The lowest BCUT2D eigenvalue weighted by atomic mass is 10.1. The van der Waals surface area contributed by atoms with Gasteiger partial charge in [0.15, 0.2) is 5.78 Å². The van der Waals surface area contributed by atoms with E-state index in [0.29, 0.717) is 30.4 Å². The van der Waals surface area contributed by atoms with Gasteiger partial charge in [0, 0.05) is 18.5 Å². The van der Waals surface area contributed by atoms with Crippen LogP contribution in [0.5, 0.6) is 0 Å². The van der Waals surface area contributed by atoms with E-state index < -0.39 is 0 Å². The summed E-state index contributed by atoms with van der Waals surface area (Å²) in [5.74, 6) is -0.367. The number of H-pyrrole nitrogens is 1. The molecule has 3 rings (SSSR count). The molecule has 7 heteroatoms. The monoisotopic (exact) mass is 333 g/mol. The summed E-state index contributed by atoms with van der Waals surface area (Å²) in [5.41, 5.74) is 1.55. The first kappa shape index (κ1) is 15.7. The molecule has 1 atom stereocenters. The van der Waals surface area contributed by atoms with Crippen LogP contribution < -0.4 is 0 Å². The van der Waals surface area contributed by atoms with E-state index in [1.165, 1.54) is 13.0 Å². The van der Waals surface area contributed by atoms with Crippen molar-refractivity contribution in [1.29, 1.82) is 0 Å². The van der Waals surface area contributed by atoms with Crippen LogP contribution in [-0.2, 0) is 4.74 Å². The van der Waals surface area contributed by atoms with Crippen molar-refractivity contribution in [3.05, 3.63) is 52.3 Å². The summed E-state index contributed by atoms with van der Waals surface area (Å²) < 4.78 is 5.75. The molecule has 0 spiro atoms. The SMILES string of the molecule is CC(=O)c1cc(C(=O)N2CCOC(c3ccc(Cl)cc3)C2)[nH]n1. The van der Waals surface area contributed by atoms with Crippen molar-refractivity contribution < 1.29 is 14.3 Å². The maximum Gasteiger partial charge on any atom is 0.272 e. The Morgan fingerprint density at radius 3 is 2.74 bits per heavy atom. The van der Waals surface area contributed by atoms with E-state index in [1.807, 2.05) is 12.1 Å². The molecule has 2 heterocycles. The number of nitrogens with zero attached hydrogens (tertiary/aromatic N) is 2. The molecule has 1 fully saturated rings. The summed E-state index contributed by atoms with van der Waals surface area (Å²) in [4.78, 5) is 25.5. The van der Waals surface area contributed by atoms with Gasteiger partial charge in [-0.05, 0) is 23.8 Å². The minimum atomic E-state index is -0.194. The van der Waals surface area contributed by atoms with Crippen molar-refractivity contribution in [3.63, 3.8) is 0 Å². The zero-order chi connectivity index (χ0) is 16.4. The summed E-state index contributed by atoms with van der Waals surface area (Å²) in [6, 6.07) is 8.87. The molecule has 0 bridgehead atoms. The number of hydrogen-bond donors (Lipinski definition) is 1. The van der Waals surface area contributed by atoms with E-state index in [9.17, 15) is 9.59 Å². The van der Waals surface area contributed by atoms with Gasteiger partial charge >= 0.3 is 0 Å². The first-order valence-electron chi connectivity index (χ1n) is 7.27. The highest BCUT2D eigenvalue weighted by Crippen LogP contribution is 2.24. The molecular formula is C16H16ClN3O3. The summed E-state index contributed by atoms with van der Waals surface area (Å²) >= 11 is 5.89. The predicted octanol–water partition coefficient (Wildman–Crippen LogP) is 2.48. The second-order valence-electron chi connectivity index (χ2n) is 5.39. The molecule has 1 aliphatic heterocycles. The number of aromatic amines is 1. The normalized spacial score (nSPS) is 18.0. The molecule has 1 aromatic carbocycles. The largest absolute Gasteiger partial charge is 0.370 e. The molecular weight excluding hydrogens is 318 g/mol. The number of carbonyl (C=O) groups is 2. The van der Waals surface area contributed by atoms with Gasteiger partial charge in [0.2, 0.25) is 0 Å². The number of nitrogens with one attached hydrogen (secondary N) is 1. The van der Waals surface area contributed by atoms with Crippen molar-refractivity contribution in [3.8, 4) is 0 Å². The van der Waals surface area contributed by atoms with Crippen molar-refractivity contribution in [2.45, 2.75) is 13.0 Å². The lowest BCUT2D eigenvalue weighted by Crippen LogP contribution is -2.42. The van der Waals surface area contributed by atoms with Crippen LogP contribution in [0.4, 0.5) is 0 Å². The Kier molecular flexibility index (Phi) is 4.45. The predicted molar refractivity (Wildman–Crippen MR) is 84.6 cm³/mol. The molecule has 1 aliphatic rings. The van der Waals surface area contributed by atoms with E-state index in [0.717, 1.165) is 5.56 Å². The molecule has 1 amide bonds. The van der Waals surface area contributed by atoms with E-state index in [4.69, 9.17) is 16.3 Å². The number of morpholine rings is 1. The minimum absolute atomic E-state index is 0.179. The Labute approximate surface area is 138 Å². The Hall–Kier alpha value is -2.18. The minimum Gasteiger partial charge on any atom is -0.370 e. The molecule has 0 radical (unpaired) electrons. The third-order valence-electron chi connectivity index (χ3n) is 3.76. The molecule has 1 aromatic heterocycles. The molecule has 1 saturated heterocycles. The standard InChI is InChI=1S/C16H16ClN3O3/c1-10(21)13-8-14(19-18-13)16(22)20-6-7-23-15(9-20)11-2-4-12(17)5-3-11/h2-5,8,15H,6-7,9H2,1H3,(H,18,19). The van der Waals surface area contributed by atoms with Crippen LogP contribution in [0.2, 0.25) is 5.02 Å². The van der Waals surface area contributed by atoms with E-state index in [1.54, 1.807) is 17.0 Å². The number of rotatable bonds is 3. The third-order valence-corrected chi connectivity index (χ3v) is 4.02. The van der Waals surface area contributed by atoms with Crippen molar-refractivity contribution >= 4 is 23.3 Å². The Morgan fingerprint density at radius 1 is 1.35 bits per heavy atom. The van der Waals surface area contributed by atoms with Gasteiger partial charge in [-0.25, -0.2) is 0 Å². The van der Waals surface area contributed by atoms with Crippen LogP contribution >= 0.6 is 11.6 Å². The van der Waals surface area contributed by atoms with Gasteiger partial charge in [0.25, 0.3) is 5.91 Å². The third kappa shape index (κ3) is 3.43. The second-order valence-corrected chi connectivity index (χ2v) is 5.82. The number of benzene rings is 1. The molecule has 6 nitrogen and oxygen atoms in total. The maximum atomic E-state index is 12.5. The van der Waals surface area contributed by atoms with Crippen LogP contribution in [0.15, 0.2) is 30.3 Å². The van der Waals surface area contributed by atoms with Gasteiger partial charge < -0.3 is 9.64 Å². The number of halogens is 1. The van der Waals surface area contributed by atoms with Crippen LogP contribution in [0, 0.1) is 0 Å². The van der Waals surface area contributed by atoms with Gasteiger partial charge in [-0.15, -0.1) is 0 Å². The van der Waals surface area contributed by atoms with Gasteiger partial charge in [0.1, 0.15) is 17.5 Å². The number of ether oxygens (including phenoxy) is 1. The van der Waals surface area contributed by atoms with Crippen molar-refractivity contribution in [1.82, 2.24) is 15.1 Å². The van der Waals surface area contributed by atoms with Crippen LogP contribution in [0.3, 0.4) is 0 Å². The number of ketones is 1. The van der Waals surface area contributed by atoms with Crippen LogP contribution in [0.25, 0.3) is 0 Å². The number of Topliss-reactive ketones (excluding diaryl/α,β-unsaturated/α-hetero) is 1. The number of hydrogen-bond acceptors (Lipinski definition) is 4. The molecule has 120 valence electrons. The summed E-state index contributed by atoms with van der Waals surface area (Å²) in [7, 11) is 0. The average Bonchev–Trinajstić information content (AvgIpc) is 3.05. The lowest BCUT2D eigenvalue weighted by Gasteiger charge is -2.32. The summed E-state index contributed by atoms with van der Waals surface area (Å²) in [6.07, 6.45) is -0.194. The molecule has 1 unspecified atom stereocenters. The zero-order valence-electron chi connectivity index (χ0n) is 12.6. The first-order chi connectivity index (χ1) is 11.0. The number of carbonyl (C=O) groups excluding carboxylic acids is 2. The number of amides is 1. The lowest BCUT2D eigenvalue weighted by molar-refractivity contribution is -0.0230. The number of aromatic nitrogens is 2. The van der Waals surface area contributed by atoms with Crippen molar-refractivity contribution in [2.24, 2.45) is 0 Å². The molecule has 0 aliphatic carbocycles. The Bertz CT molecular complexity index is 726. The van der Waals surface area contributed by atoms with Gasteiger partial charge in [-0.3, -0.25) is 14.7 Å². The fourth-order valence-corrected chi connectivity index (χ4v) is 2.62. The highest BCUT2D eigenvalue weighted by atomic mass is 35.5. The van der Waals surface area contributed by atoms with Crippen LogP contribution in [0.1, 0.15) is 39.6 Å². The molecule has 2 aromatic rings. The van der Waals surface area contributed by atoms with E-state index >= 15 is 0 Å². The van der Waals surface area contributed by atoms with Crippen LogP contribution in [-0.4, -0.2) is 46.5 Å². The van der Waals surface area contributed by atoms with Gasteiger partial charge in [-0.2, -0.15) is 5.10 Å². The zero-order valence-corrected chi connectivity index (χ0v) is 13.3. The maximum absolute atomic E-state index is 12.5. The quantitative estimate of drug-likeness (QED) is 0.876. The fourth-order valence-electron chi connectivity index (χ4n) is 2.49. The van der Waals surface area contributed by atoms with E-state index in [2.05, 4.69) is 10.2 Å². The summed E-state index contributed by atoms with van der Waals surface area (Å²) in [5, 5.41) is 7.14. The second kappa shape index (κ2) is 6.52. The summed E-state index contributed by atoms with van der Waals surface area (Å²) in [6.45, 7) is 2.80. The Morgan fingerprint density at radius 2 is 2.09 bits per heavy atom. The van der Waals surface area contributed by atoms with Gasteiger partial charge in [0.05, 0.1) is 13.2 Å². The fraction of sp³-hybridized carbons (Fsp3) is 0.312. The molecule has 0 saturated carbocycles. The van der Waals surface area contributed by atoms with E-state index in [-0.39, 0.29) is 23.5 Å². The molecule has 1 N–H and O–H groups in total. The Balaban J connectivity index is 1.73. The average molecular weight is 334 g/mol. The molecule has 23 heavy (non-hydrogen) atoms. The van der Waals surface area contributed by atoms with Gasteiger partial charge in [-0.1, -0.05) is 23.7 Å². The highest BCUT2D eigenvalue weighted by Gasteiger charge is 2.27. The smallest absolute Gasteiger partial charge is 0.272 e. The highest BCUT2D eigenvalue weighted by molar-refractivity contribution is 6.30. The van der Waals surface area contributed by atoms with Crippen molar-refractivity contribution in [2.75, 3.05) is 19.7 Å².